The molecular formula is C21H19N3O2. The number of para-hydroxylation sites is 2. The predicted molar refractivity (Wildman–Crippen MR) is 104 cm³/mol. The number of hydrogen-bond acceptors (Lipinski definition) is 4. The number of anilines is 2. The van der Waals surface area contributed by atoms with Crippen molar-refractivity contribution < 1.29 is 9.90 Å². The second-order valence-corrected chi connectivity index (χ2v) is 5.70. The van der Waals surface area contributed by atoms with Crippen LogP contribution in [0.5, 0.6) is 5.75 Å². The van der Waals surface area contributed by atoms with Crippen LogP contribution in [0, 0.1) is 0 Å². The molecule has 0 atom stereocenters. The fraction of sp³-hybridized carbons (Fsp3) is 0.0476. The van der Waals surface area contributed by atoms with Crippen molar-refractivity contribution in [3.05, 3.63) is 90.0 Å². The number of phenols is 1. The highest BCUT2D eigenvalue weighted by molar-refractivity contribution is 5.97. The SMILES string of the molecule is CN(c1ccccc1)c1ccc(C=NNC(=O)c2ccccc2O)cc1. The van der Waals surface area contributed by atoms with Crippen molar-refractivity contribution in [3.63, 3.8) is 0 Å². The van der Waals surface area contributed by atoms with E-state index in [1.807, 2.05) is 61.6 Å². The number of phenolic OH excluding ortho intramolecular Hbond substituents is 1. The van der Waals surface area contributed by atoms with E-state index in [4.69, 9.17) is 0 Å². The van der Waals surface area contributed by atoms with Crippen LogP contribution in [-0.4, -0.2) is 24.3 Å². The van der Waals surface area contributed by atoms with Gasteiger partial charge in [-0.1, -0.05) is 42.5 Å². The summed E-state index contributed by atoms with van der Waals surface area (Å²) >= 11 is 0. The lowest BCUT2D eigenvalue weighted by Crippen LogP contribution is -2.17. The number of hydrogen-bond donors (Lipinski definition) is 2. The maximum Gasteiger partial charge on any atom is 0.275 e. The Hall–Kier alpha value is -3.60. The Bertz CT molecular complexity index is 906. The van der Waals surface area contributed by atoms with E-state index in [1.54, 1.807) is 18.3 Å². The lowest BCUT2D eigenvalue weighted by atomic mass is 10.2. The predicted octanol–water partition coefficient (Wildman–Crippen LogP) is 3.92. The van der Waals surface area contributed by atoms with Crippen molar-refractivity contribution in [1.29, 1.82) is 0 Å². The second-order valence-electron chi connectivity index (χ2n) is 5.70. The molecule has 0 spiro atoms. The van der Waals surface area contributed by atoms with Crippen molar-refractivity contribution >= 4 is 23.5 Å². The summed E-state index contributed by atoms with van der Waals surface area (Å²) in [6.07, 6.45) is 1.56. The highest BCUT2D eigenvalue weighted by atomic mass is 16.3. The normalized spacial score (nSPS) is 10.7. The standard InChI is InChI=1S/C21H19N3O2/c1-24(17-7-3-2-4-8-17)18-13-11-16(12-14-18)15-22-23-21(26)19-9-5-6-10-20(19)25/h2-15,25H,1H3,(H,23,26). The second kappa shape index (κ2) is 7.98. The molecule has 0 aliphatic carbocycles. The van der Waals surface area contributed by atoms with Crippen molar-refractivity contribution in [1.82, 2.24) is 5.43 Å². The summed E-state index contributed by atoms with van der Waals surface area (Å²) in [6, 6.07) is 24.2. The van der Waals surface area contributed by atoms with Gasteiger partial charge in [0.15, 0.2) is 0 Å². The minimum absolute atomic E-state index is 0.0755. The van der Waals surface area contributed by atoms with E-state index in [-0.39, 0.29) is 11.3 Å². The highest BCUT2D eigenvalue weighted by Gasteiger charge is 2.08. The number of benzene rings is 3. The summed E-state index contributed by atoms with van der Waals surface area (Å²) < 4.78 is 0. The summed E-state index contributed by atoms with van der Waals surface area (Å²) in [7, 11) is 2.00. The van der Waals surface area contributed by atoms with E-state index >= 15 is 0 Å². The van der Waals surface area contributed by atoms with Gasteiger partial charge in [-0.3, -0.25) is 4.79 Å². The van der Waals surface area contributed by atoms with Crippen molar-refractivity contribution in [2.24, 2.45) is 5.10 Å². The van der Waals surface area contributed by atoms with Gasteiger partial charge in [0.1, 0.15) is 5.75 Å². The molecule has 0 aromatic heterocycles. The fourth-order valence-corrected chi connectivity index (χ4v) is 2.48. The molecule has 3 aromatic carbocycles. The molecule has 2 N–H and O–H groups in total. The third-order valence-electron chi connectivity index (χ3n) is 3.95. The number of nitrogens with zero attached hydrogens (tertiary/aromatic N) is 2. The number of aromatic hydroxyl groups is 1. The van der Waals surface area contributed by atoms with Crippen LogP contribution in [-0.2, 0) is 0 Å². The molecule has 0 fully saturated rings. The number of hydrazone groups is 1. The average Bonchev–Trinajstić information content (AvgIpc) is 2.69. The van der Waals surface area contributed by atoms with E-state index in [2.05, 4.69) is 15.4 Å². The molecule has 0 radical (unpaired) electrons. The lowest BCUT2D eigenvalue weighted by molar-refractivity contribution is 0.0952. The van der Waals surface area contributed by atoms with Crippen molar-refractivity contribution in [3.8, 4) is 5.75 Å². The Balaban J connectivity index is 1.63. The van der Waals surface area contributed by atoms with Crippen LogP contribution < -0.4 is 10.3 Å². The molecule has 130 valence electrons. The van der Waals surface area contributed by atoms with Crippen LogP contribution in [0.2, 0.25) is 0 Å². The Morgan fingerprint density at radius 1 is 0.923 bits per heavy atom. The van der Waals surface area contributed by atoms with E-state index in [0.29, 0.717) is 0 Å². The van der Waals surface area contributed by atoms with Gasteiger partial charge in [0.25, 0.3) is 5.91 Å². The molecule has 0 aliphatic rings. The number of carbonyl (C=O) groups excluding carboxylic acids is 1. The zero-order valence-electron chi connectivity index (χ0n) is 14.3. The highest BCUT2D eigenvalue weighted by Crippen LogP contribution is 2.23. The van der Waals surface area contributed by atoms with E-state index < -0.39 is 5.91 Å². The van der Waals surface area contributed by atoms with Gasteiger partial charge in [0.2, 0.25) is 0 Å². The first-order chi connectivity index (χ1) is 12.6. The van der Waals surface area contributed by atoms with E-state index in [1.165, 1.54) is 12.1 Å². The minimum atomic E-state index is -0.459. The minimum Gasteiger partial charge on any atom is -0.507 e. The van der Waals surface area contributed by atoms with Gasteiger partial charge in [-0.15, -0.1) is 0 Å². The summed E-state index contributed by atoms with van der Waals surface area (Å²) in [6.45, 7) is 0. The molecule has 3 rings (SSSR count). The van der Waals surface area contributed by atoms with Gasteiger partial charge < -0.3 is 10.0 Å². The van der Waals surface area contributed by atoms with Crippen LogP contribution >= 0.6 is 0 Å². The Labute approximate surface area is 152 Å². The fourth-order valence-electron chi connectivity index (χ4n) is 2.48. The maximum atomic E-state index is 12.0. The molecule has 0 bridgehead atoms. The number of rotatable bonds is 5. The molecule has 0 heterocycles. The van der Waals surface area contributed by atoms with Crippen LogP contribution in [0.25, 0.3) is 0 Å². The largest absolute Gasteiger partial charge is 0.507 e. The van der Waals surface area contributed by atoms with Gasteiger partial charge in [-0.2, -0.15) is 5.10 Å². The molecule has 0 saturated heterocycles. The Kier molecular flexibility index (Phi) is 5.29. The zero-order valence-corrected chi connectivity index (χ0v) is 14.3. The van der Waals surface area contributed by atoms with Crippen LogP contribution in [0.4, 0.5) is 11.4 Å². The summed E-state index contributed by atoms with van der Waals surface area (Å²) in [5, 5.41) is 13.6. The molecule has 5 heteroatoms. The van der Waals surface area contributed by atoms with E-state index in [0.717, 1.165) is 16.9 Å². The number of carbonyl (C=O) groups is 1. The molecule has 0 saturated carbocycles. The third-order valence-corrected chi connectivity index (χ3v) is 3.95. The Morgan fingerprint density at radius 2 is 1.54 bits per heavy atom. The third kappa shape index (κ3) is 4.08. The van der Waals surface area contributed by atoms with Gasteiger partial charge in [-0.25, -0.2) is 5.43 Å². The van der Waals surface area contributed by atoms with Crippen LogP contribution in [0.3, 0.4) is 0 Å². The molecule has 5 nitrogen and oxygen atoms in total. The zero-order chi connectivity index (χ0) is 18.4. The first-order valence-electron chi connectivity index (χ1n) is 8.15. The quantitative estimate of drug-likeness (QED) is 0.544. The lowest BCUT2D eigenvalue weighted by Gasteiger charge is -2.19. The van der Waals surface area contributed by atoms with Gasteiger partial charge in [0, 0.05) is 18.4 Å². The molecule has 3 aromatic rings. The molecule has 0 unspecified atom stereocenters. The number of nitrogens with one attached hydrogen (secondary N) is 1. The van der Waals surface area contributed by atoms with Crippen LogP contribution in [0.1, 0.15) is 15.9 Å². The first kappa shape index (κ1) is 17.2. The monoisotopic (exact) mass is 345 g/mol. The topological polar surface area (TPSA) is 64.9 Å². The van der Waals surface area contributed by atoms with Crippen molar-refractivity contribution in [2.75, 3.05) is 11.9 Å². The van der Waals surface area contributed by atoms with Gasteiger partial charge in [-0.05, 0) is 42.0 Å². The van der Waals surface area contributed by atoms with Crippen molar-refractivity contribution in [2.45, 2.75) is 0 Å². The number of amides is 1. The summed E-state index contributed by atoms with van der Waals surface area (Å²) in [4.78, 5) is 14.0. The van der Waals surface area contributed by atoms with Gasteiger partial charge >= 0.3 is 0 Å². The maximum absolute atomic E-state index is 12.0. The Morgan fingerprint density at radius 3 is 2.23 bits per heavy atom. The summed E-state index contributed by atoms with van der Waals surface area (Å²) in [5.74, 6) is -0.534. The average molecular weight is 345 g/mol. The van der Waals surface area contributed by atoms with E-state index in [9.17, 15) is 9.90 Å². The smallest absolute Gasteiger partial charge is 0.275 e. The van der Waals surface area contributed by atoms with Gasteiger partial charge in [0.05, 0.1) is 11.8 Å². The molecule has 26 heavy (non-hydrogen) atoms. The van der Waals surface area contributed by atoms with Crippen LogP contribution in [0.15, 0.2) is 84.0 Å². The first-order valence-corrected chi connectivity index (χ1v) is 8.15. The molecular weight excluding hydrogens is 326 g/mol. The summed E-state index contributed by atoms with van der Waals surface area (Å²) in [5.41, 5.74) is 5.60. The molecule has 1 amide bonds. The molecule has 0 aliphatic heterocycles.